The van der Waals surface area contributed by atoms with Gasteiger partial charge in [0.2, 0.25) is 0 Å². The molecule has 0 unspecified atom stereocenters. The molecule has 86 valence electrons. The van der Waals surface area contributed by atoms with Gasteiger partial charge in [0.15, 0.2) is 0 Å². The van der Waals surface area contributed by atoms with E-state index < -0.39 is 0 Å². The highest BCUT2D eigenvalue weighted by atomic mass is 16.5. The first-order valence-electron chi connectivity index (χ1n) is 5.52. The van der Waals surface area contributed by atoms with Gasteiger partial charge in [-0.3, -0.25) is 0 Å². The van der Waals surface area contributed by atoms with Crippen LogP contribution >= 0.6 is 0 Å². The fourth-order valence-corrected chi connectivity index (χ4v) is 1.27. The van der Waals surface area contributed by atoms with Crippen molar-refractivity contribution < 1.29 is 9.53 Å². The summed E-state index contributed by atoms with van der Waals surface area (Å²) in [6.07, 6.45) is 0.881. The van der Waals surface area contributed by atoms with Gasteiger partial charge in [0.1, 0.15) is 6.61 Å². The molecule has 0 aromatic heterocycles. The molecule has 0 radical (unpaired) electrons. The van der Waals surface area contributed by atoms with Gasteiger partial charge >= 0.3 is 5.97 Å². The molecule has 0 aliphatic carbocycles. The maximum absolute atomic E-state index is 11.6. The van der Waals surface area contributed by atoms with Crippen molar-refractivity contribution in [2.24, 2.45) is 0 Å². The summed E-state index contributed by atoms with van der Waals surface area (Å²) >= 11 is 0. The van der Waals surface area contributed by atoms with Crippen LogP contribution in [0.25, 0.3) is 0 Å². The maximum Gasteiger partial charge on any atom is 0.333 e. The normalized spacial score (nSPS) is 11.9. The molecule has 0 saturated carbocycles. The average molecular weight is 218 g/mol. The molecular weight excluding hydrogens is 200 g/mol. The number of benzene rings is 1. The van der Waals surface area contributed by atoms with Gasteiger partial charge in [-0.15, -0.1) is 0 Å². The molecule has 0 amide bonds. The van der Waals surface area contributed by atoms with Gasteiger partial charge in [-0.1, -0.05) is 42.8 Å². The Labute approximate surface area is 96.9 Å². The van der Waals surface area contributed by atoms with Crippen molar-refractivity contribution in [2.45, 2.75) is 33.8 Å². The van der Waals surface area contributed by atoms with Crippen LogP contribution in [0.1, 0.15) is 32.8 Å². The van der Waals surface area contributed by atoms with Crippen LogP contribution in [0.3, 0.4) is 0 Å². The van der Waals surface area contributed by atoms with E-state index in [0.29, 0.717) is 6.61 Å². The maximum atomic E-state index is 11.6. The second-order valence-electron chi connectivity index (χ2n) is 3.82. The number of ether oxygens (including phenoxy) is 1. The summed E-state index contributed by atoms with van der Waals surface area (Å²) in [6, 6.07) is 9.70. The molecule has 2 nitrogen and oxygen atoms in total. The van der Waals surface area contributed by atoms with E-state index in [0.717, 1.165) is 23.1 Å². The summed E-state index contributed by atoms with van der Waals surface area (Å²) < 4.78 is 5.22. The molecule has 0 saturated heterocycles. The Morgan fingerprint density at radius 3 is 2.38 bits per heavy atom. The molecule has 0 atom stereocenters. The average Bonchev–Trinajstić information content (AvgIpc) is 2.35. The van der Waals surface area contributed by atoms with Crippen molar-refractivity contribution in [1.29, 1.82) is 0 Å². The molecule has 0 N–H and O–H groups in total. The Hall–Kier alpha value is -1.57. The van der Waals surface area contributed by atoms with Crippen LogP contribution in [0.5, 0.6) is 0 Å². The van der Waals surface area contributed by atoms with Crippen LogP contribution in [0.4, 0.5) is 0 Å². The summed E-state index contributed by atoms with van der Waals surface area (Å²) in [5.74, 6) is -0.219. The van der Waals surface area contributed by atoms with Gasteiger partial charge in [0, 0.05) is 5.57 Å². The lowest BCUT2D eigenvalue weighted by Crippen LogP contribution is -2.07. The van der Waals surface area contributed by atoms with Crippen molar-refractivity contribution in [1.82, 2.24) is 0 Å². The molecule has 1 rings (SSSR count). The Morgan fingerprint density at radius 2 is 1.81 bits per heavy atom. The van der Waals surface area contributed by atoms with E-state index in [4.69, 9.17) is 4.74 Å². The molecule has 0 spiro atoms. The Morgan fingerprint density at radius 1 is 1.19 bits per heavy atom. The second-order valence-corrected chi connectivity index (χ2v) is 3.82. The number of hydrogen-bond acceptors (Lipinski definition) is 2. The summed E-state index contributed by atoms with van der Waals surface area (Å²) in [4.78, 5) is 11.6. The molecule has 1 aromatic carbocycles. The monoisotopic (exact) mass is 218 g/mol. The number of rotatable bonds is 4. The fourth-order valence-electron chi connectivity index (χ4n) is 1.27. The Kier molecular flexibility index (Phi) is 4.77. The number of esters is 1. The van der Waals surface area contributed by atoms with E-state index in [-0.39, 0.29) is 5.97 Å². The van der Waals surface area contributed by atoms with Crippen LogP contribution in [-0.4, -0.2) is 5.97 Å². The third kappa shape index (κ3) is 3.54. The summed E-state index contributed by atoms with van der Waals surface area (Å²) in [7, 11) is 0. The van der Waals surface area contributed by atoms with Crippen molar-refractivity contribution >= 4 is 5.97 Å². The number of allylic oxidation sites excluding steroid dienone is 1. The molecule has 2 heteroatoms. The lowest BCUT2D eigenvalue weighted by Gasteiger charge is -2.07. The third-order valence-corrected chi connectivity index (χ3v) is 2.69. The Balaban J connectivity index is 2.54. The largest absolute Gasteiger partial charge is 0.457 e. The molecule has 0 bridgehead atoms. The SMILES string of the molecule is CC/C(C)=C(\C)C(=O)OCc1ccccc1. The van der Waals surface area contributed by atoms with Gasteiger partial charge in [0.25, 0.3) is 0 Å². The first kappa shape index (κ1) is 12.5. The number of hydrogen-bond donors (Lipinski definition) is 0. The van der Waals surface area contributed by atoms with E-state index in [1.54, 1.807) is 0 Å². The van der Waals surface area contributed by atoms with Gasteiger partial charge in [0.05, 0.1) is 0 Å². The van der Waals surface area contributed by atoms with Crippen LogP contribution in [0, 0.1) is 0 Å². The van der Waals surface area contributed by atoms with Gasteiger partial charge in [-0.25, -0.2) is 4.79 Å². The third-order valence-electron chi connectivity index (χ3n) is 2.69. The summed E-state index contributed by atoms with van der Waals surface area (Å²) in [5.41, 5.74) is 2.81. The topological polar surface area (TPSA) is 26.3 Å². The highest BCUT2D eigenvalue weighted by Crippen LogP contribution is 2.10. The minimum Gasteiger partial charge on any atom is -0.457 e. The minimum atomic E-state index is -0.219. The van der Waals surface area contributed by atoms with Crippen molar-refractivity contribution in [2.75, 3.05) is 0 Å². The van der Waals surface area contributed by atoms with E-state index in [9.17, 15) is 4.79 Å². The van der Waals surface area contributed by atoms with Crippen molar-refractivity contribution in [3.8, 4) is 0 Å². The number of carbonyl (C=O) groups is 1. The molecule has 0 fully saturated rings. The van der Waals surface area contributed by atoms with Crippen LogP contribution in [0.2, 0.25) is 0 Å². The first-order chi connectivity index (χ1) is 7.65. The predicted octanol–water partition coefficient (Wildman–Crippen LogP) is 3.48. The van der Waals surface area contributed by atoms with E-state index >= 15 is 0 Å². The quantitative estimate of drug-likeness (QED) is 0.571. The van der Waals surface area contributed by atoms with Crippen molar-refractivity contribution in [3.05, 3.63) is 47.0 Å². The molecular formula is C14H18O2. The highest BCUT2D eigenvalue weighted by Gasteiger charge is 2.08. The van der Waals surface area contributed by atoms with E-state index in [1.165, 1.54) is 0 Å². The van der Waals surface area contributed by atoms with Gasteiger partial charge < -0.3 is 4.74 Å². The lowest BCUT2D eigenvalue weighted by atomic mass is 10.1. The van der Waals surface area contributed by atoms with Gasteiger partial charge in [-0.2, -0.15) is 0 Å². The van der Waals surface area contributed by atoms with Crippen LogP contribution in [0.15, 0.2) is 41.5 Å². The molecule has 16 heavy (non-hydrogen) atoms. The molecule has 0 aliphatic heterocycles. The lowest BCUT2D eigenvalue weighted by molar-refractivity contribution is -0.140. The standard InChI is InChI=1S/C14H18O2/c1-4-11(2)12(3)14(15)16-10-13-8-6-5-7-9-13/h5-9H,4,10H2,1-3H3/b12-11+. The molecule has 0 heterocycles. The Bertz CT molecular complexity index is 377. The summed E-state index contributed by atoms with van der Waals surface area (Å²) in [5, 5.41) is 0. The molecule has 0 aliphatic rings. The van der Waals surface area contributed by atoms with Crippen LogP contribution in [-0.2, 0) is 16.1 Å². The van der Waals surface area contributed by atoms with E-state index in [2.05, 4.69) is 0 Å². The highest BCUT2D eigenvalue weighted by molar-refractivity contribution is 5.88. The summed E-state index contributed by atoms with van der Waals surface area (Å²) in [6.45, 7) is 6.14. The predicted molar refractivity (Wildman–Crippen MR) is 64.9 cm³/mol. The zero-order valence-electron chi connectivity index (χ0n) is 10.1. The molecule has 1 aromatic rings. The van der Waals surface area contributed by atoms with Crippen molar-refractivity contribution in [3.63, 3.8) is 0 Å². The number of carbonyl (C=O) groups excluding carboxylic acids is 1. The minimum absolute atomic E-state index is 0.219. The fraction of sp³-hybridized carbons (Fsp3) is 0.357. The van der Waals surface area contributed by atoms with Crippen LogP contribution < -0.4 is 0 Å². The first-order valence-corrected chi connectivity index (χ1v) is 5.52. The zero-order chi connectivity index (χ0) is 12.0. The zero-order valence-corrected chi connectivity index (χ0v) is 10.1. The smallest absolute Gasteiger partial charge is 0.333 e. The van der Waals surface area contributed by atoms with E-state index in [1.807, 2.05) is 51.1 Å². The second kappa shape index (κ2) is 6.11. The van der Waals surface area contributed by atoms with Gasteiger partial charge in [-0.05, 0) is 25.8 Å².